The first-order valence-electron chi connectivity index (χ1n) is 10.0. The molecule has 148 valence electrons. The van der Waals surface area contributed by atoms with E-state index in [1.807, 2.05) is 43.3 Å². The Bertz CT molecular complexity index is 817. The molecule has 0 aromatic heterocycles. The molecule has 0 bridgehead atoms. The lowest BCUT2D eigenvalue weighted by Crippen LogP contribution is -2.27. The minimum absolute atomic E-state index is 0.118. The Morgan fingerprint density at radius 3 is 2.68 bits per heavy atom. The van der Waals surface area contributed by atoms with E-state index in [0.717, 1.165) is 42.9 Å². The van der Waals surface area contributed by atoms with Crippen molar-refractivity contribution in [2.75, 3.05) is 18.1 Å². The fourth-order valence-electron chi connectivity index (χ4n) is 3.29. The molecule has 0 aliphatic carbocycles. The molecule has 2 aromatic rings. The highest BCUT2D eigenvalue weighted by Crippen LogP contribution is 2.23. The van der Waals surface area contributed by atoms with Crippen molar-refractivity contribution < 1.29 is 14.3 Å². The number of benzene rings is 2. The van der Waals surface area contributed by atoms with Crippen LogP contribution in [-0.2, 0) is 4.79 Å². The first-order valence-corrected chi connectivity index (χ1v) is 10.0. The number of anilines is 1. The predicted octanol–water partition coefficient (Wildman–Crippen LogP) is 4.48. The monoisotopic (exact) mass is 380 g/mol. The average Bonchev–Trinajstić information content (AvgIpc) is 3.14. The van der Waals surface area contributed by atoms with Crippen LogP contribution in [0, 0.1) is 0 Å². The number of carbonyl (C=O) groups excluding carboxylic acids is 2. The van der Waals surface area contributed by atoms with Gasteiger partial charge in [0.05, 0.1) is 12.6 Å². The molecule has 28 heavy (non-hydrogen) atoms. The van der Waals surface area contributed by atoms with Crippen LogP contribution in [0.25, 0.3) is 0 Å². The summed E-state index contributed by atoms with van der Waals surface area (Å²) in [6.07, 6.45) is 3.58. The summed E-state index contributed by atoms with van der Waals surface area (Å²) in [7, 11) is 0. The first-order chi connectivity index (χ1) is 13.6. The molecule has 0 radical (unpaired) electrons. The van der Waals surface area contributed by atoms with Gasteiger partial charge in [0.1, 0.15) is 5.75 Å². The molecule has 5 heteroatoms. The van der Waals surface area contributed by atoms with Gasteiger partial charge in [0, 0.05) is 24.2 Å². The second-order valence-electron chi connectivity index (χ2n) is 7.17. The lowest BCUT2D eigenvalue weighted by molar-refractivity contribution is -0.117. The van der Waals surface area contributed by atoms with Crippen molar-refractivity contribution in [2.45, 2.75) is 45.6 Å². The van der Waals surface area contributed by atoms with Crippen molar-refractivity contribution in [3.8, 4) is 5.75 Å². The maximum absolute atomic E-state index is 12.7. The third-order valence-corrected chi connectivity index (χ3v) is 4.99. The zero-order valence-electron chi connectivity index (χ0n) is 16.6. The van der Waals surface area contributed by atoms with Gasteiger partial charge in [-0.05, 0) is 55.7 Å². The highest BCUT2D eigenvalue weighted by atomic mass is 16.5. The summed E-state index contributed by atoms with van der Waals surface area (Å²) in [5, 5.41) is 3.03. The van der Waals surface area contributed by atoms with Gasteiger partial charge in [0.15, 0.2) is 0 Å². The molecule has 0 spiro atoms. The van der Waals surface area contributed by atoms with Crippen molar-refractivity contribution >= 4 is 17.5 Å². The van der Waals surface area contributed by atoms with E-state index in [1.54, 1.807) is 17.0 Å². The molecular formula is C23H28N2O3. The van der Waals surface area contributed by atoms with E-state index < -0.39 is 0 Å². The molecule has 1 saturated heterocycles. The maximum Gasteiger partial charge on any atom is 0.251 e. The summed E-state index contributed by atoms with van der Waals surface area (Å²) < 4.78 is 5.68. The lowest BCUT2D eigenvalue weighted by Gasteiger charge is -2.18. The summed E-state index contributed by atoms with van der Waals surface area (Å²) >= 11 is 0. The number of hydrogen-bond acceptors (Lipinski definition) is 3. The second kappa shape index (κ2) is 9.40. The number of nitrogens with zero attached hydrogens (tertiary/aromatic N) is 1. The Kier molecular flexibility index (Phi) is 6.69. The second-order valence-corrected chi connectivity index (χ2v) is 7.17. The van der Waals surface area contributed by atoms with Crippen LogP contribution < -0.4 is 15.0 Å². The fourth-order valence-corrected chi connectivity index (χ4v) is 3.29. The Morgan fingerprint density at radius 1 is 1.21 bits per heavy atom. The molecule has 1 fully saturated rings. The minimum atomic E-state index is -0.149. The Labute approximate surface area is 166 Å². The average molecular weight is 380 g/mol. The molecule has 1 heterocycles. The van der Waals surface area contributed by atoms with Crippen molar-refractivity contribution in [2.24, 2.45) is 0 Å². The molecule has 2 amide bonds. The van der Waals surface area contributed by atoms with Crippen LogP contribution in [0.1, 0.15) is 61.5 Å². The summed E-state index contributed by atoms with van der Waals surface area (Å²) in [4.78, 5) is 26.4. The van der Waals surface area contributed by atoms with Crippen LogP contribution in [0.3, 0.4) is 0 Å². The van der Waals surface area contributed by atoms with Gasteiger partial charge in [-0.2, -0.15) is 0 Å². The molecule has 2 aromatic carbocycles. The molecule has 0 saturated carbocycles. The molecule has 1 aliphatic rings. The number of hydrogen-bond donors (Lipinski definition) is 1. The number of rotatable bonds is 8. The normalized spacial score (nSPS) is 14.8. The van der Waals surface area contributed by atoms with Crippen LogP contribution in [0.4, 0.5) is 5.69 Å². The summed E-state index contributed by atoms with van der Waals surface area (Å²) in [5.41, 5.74) is 2.36. The van der Waals surface area contributed by atoms with Gasteiger partial charge in [-0.1, -0.05) is 31.5 Å². The van der Waals surface area contributed by atoms with Crippen molar-refractivity contribution in [3.05, 3.63) is 59.7 Å². The van der Waals surface area contributed by atoms with Gasteiger partial charge in [-0.25, -0.2) is 0 Å². The van der Waals surface area contributed by atoms with E-state index in [2.05, 4.69) is 12.2 Å². The third kappa shape index (κ3) is 4.91. The number of ether oxygens (including phenoxy) is 1. The van der Waals surface area contributed by atoms with Gasteiger partial charge in [-0.15, -0.1) is 0 Å². The van der Waals surface area contributed by atoms with Crippen LogP contribution in [0.2, 0.25) is 0 Å². The summed E-state index contributed by atoms with van der Waals surface area (Å²) in [6.45, 7) is 5.53. The van der Waals surface area contributed by atoms with Crippen molar-refractivity contribution in [1.29, 1.82) is 0 Å². The maximum atomic E-state index is 12.7. The highest BCUT2D eigenvalue weighted by Gasteiger charge is 2.22. The highest BCUT2D eigenvalue weighted by molar-refractivity contribution is 5.99. The molecule has 1 aliphatic heterocycles. The number of unbranched alkanes of at least 4 members (excludes halogenated alkanes) is 1. The Hall–Kier alpha value is -2.82. The van der Waals surface area contributed by atoms with E-state index in [-0.39, 0.29) is 17.9 Å². The van der Waals surface area contributed by atoms with E-state index in [0.29, 0.717) is 18.5 Å². The van der Waals surface area contributed by atoms with E-state index in [4.69, 9.17) is 4.74 Å². The standard InChI is InChI=1S/C23H28N2O3/c1-3-4-15-28-21-12-10-18(11-13-21)17(2)24-23(27)19-7-5-8-20(16-19)25-14-6-9-22(25)26/h5,7-8,10-13,16-17H,3-4,6,9,14-15H2,1-2H3,(H,24,27)/t17-/m1/s1. The molecule has 5 nitrogen and oxygen atoms in total. The topological polar surface area (TPSA) is 58.6 Å². The van der Waals surface area contributed by atoms with Crippen molar-refractivity contribution in [3.63, 3.8) is 0 Å². The van der Waals surface area contributed by atoms with Crippen molar-refractivity contribution in [1.82, 2.24) is 5.32 Å². The van der Waals surface area contributed by atoms with Gasteiger partial charge in [-0.3, -0.25) is 9.59 Å². The zero-order chi connectivity index (χ0) is 19.9. The van der Waals surface area contributed by atoms with Crippen LogP contribution in [-0.4, -0.2) is 25.0 Å². The summed E-state index contributed by atoms with van der Waals surface area (Å²) in [6, 6.07) is 15.0. The first kappa shape index (κ1) is 19.9. The van der Waals surface area contributed by atoms with Gasteiger partial charge in [0.25, 0.3) is 5.91 Å². The number of nitrogens with one attached hydrogen (secondary N) is 1. The molecular weight excluding hydrogens is 352 g/mol. The number of carbonyl (C=O) groups is 2. The Balaban J connectivity index is 1.61. The van der Waals surface area contributed by atoms with E-state index >= 15 is 0 Å². The quantitative estimate of drug-likeness (QED) is 0.687. The smallest absolute Gasteiger partial charge is 0.251 e. The molecule has 3 rings (SSSR count). The summed E-state index contributed by atoms with van der Waals surface area (Å²) in [5.74, 6) is 0.815. The zero-order valence-corrected chi connectivity index (χ0v) is 16.6. The lowest BCUT2D eigenvalue weighted by atomic mass is 10.1. The molecule has 1 atom stereocenters. The van der Waals surface area contributed by atoms with Gasteiger partial charge >= 0.3 is 0 Å². The van der Waals surface area contributed by atoms with E-state index in [1.165, 1.54) is 0 Å². The molecule has 1 N–H and O–H groups in total. The predicted molar refractivity (Wildman–Crippen MR) is 111 cm³/mol. The minimum Gasteiger partial charge on any atom is -0.494 e. The third-order valence-electron chi connectivity index (χ3n) is 4.99. The van der Waals surface area contributed by atoms with Crippen LogP contribution in [0.5, 0.6) is 5.75 Å². The molecule has 0 unspecified atom stereocenters. The van der Waals surface area contributed by atoms with Crippen LogP contribution in [0.15, 0.2) is 48.5 Å². The fraction of sp³-hybridized carbons (Fsp3) is 0.391. The SMILES string of the molecule is CCCCOc1ccc([C@@H](C)NC(=O)c2cccc(N3CCCC3=O)c2)cc1. The van der Waals surface area contributed by atoms with Gasteiger partial charge < -0.3 is 15.0 Å². The largest absolute Gasteiger partial charge is 0.494 e. The van der Waals surface area contributed by atoms with Crippen LogP contribution >= 0.6 is 0 Å². The van der Waals surface area contributed by atoms with Gasteiger partial charge in [0.2, 0.25) is 5.91 Å². The Morgan fingerprint density at radius 2 is 2.00 bits per heavy atom. The van der Waals surface area contributed by atoms with E-state index in [9.17, 15) is 9.59 Å². The number of amides is 2.